The van der Waals surface area contributed by atoms with Gasteiger partial charge in [0.15, 0.2) is 17.5 Å². The number of methoxy groups -OCH3 is 1. The van der Waals surface area contributed by atoms with Gasteiger partial charge < -0.3 is 24.8 Å². The van der Waals surface area contributed by atoms with E-state index in [2.05, 4.69) is 15.6 Å². The largest absolute Gasteiger partial charge is 0.454 e. The summed E-state index contributed by atoms with van der Waals surface area (Å²) in [5.41, 5.74) is 1.08. The molecule has 2 N–H and O–H groups in total. The van der Waals surface area contributed by atoms with E-state index in [1.165, 1.54) is 0 Å². The second kappa shape index (κ2) is 9.67. The van der Waals surface area contributed by atoms with Crippen molar-refractivity contribution in [2.24, 2.45) is 4.99 Å². The van der Waals surface area contributed by atoms with Gasteiger partial charge in [-0.3, -0.25) is 0 Å². The Bertz CT molecular complexity index is 469. The summed E-state index contributed by atoms with van der Waals surface area (Å²) in [5.74, 6) is 2.36. The van der Waals surface area contributed by atoms with Gasteiger partial charge in [-0.15, -0.1) is 24.0 Å². The molecule has 1 aromatic rings. The van der Waals surface area contributed by atoms with Gasteiger partial charge in [-0.2, -0.15) is 0 Å². The van der Waals surface area contributed by atoms with E-state index < -0.39 is 0 Å². The maximum Gasteiger partial charge on any atom is 0.231 e. The molecule has 21 heavy (non-hydrogen) atoms. The summed E-state index contributed by atoms with van der Waals surface area (Å²) in [5, 5.41) is 6.39. The maximum absolute atomic E-state index is 5.35. The molecule has 0 unspecified atom stereocenters. The Hall–Kier alpha value is -1.22. The third-order valence-electron chi connectivity index (χ3n) is 2.80. The highest BCUT2D eigenvalue weighted by molar-refractivity contribution is 14.0. The van der Waals surface area contributed by atoms with E-state index in [-0.39, 0.29) is 24.0 Å². The second-order valence-electron chi connectivity index (χ2n) is 4.30. The number of aliphatic imine (C=N–C) groups is 1. The van der Waals surface area contributed by atoms with Gasteiger partial charge in [0.05, 0.1) is 13.2 Å². The third-order valence-corrected chi connectivity index (χ3v) is 2.80. The van der Waals surface area contributed by atoms with Crippen molar-refractivity contribution in [2.75, 3.05) is 33.6 Å². The Kier molecular flexibility index (Phi) is 8.21. The van der Waals surface area contributed by atoms with Crippen molar-refractivity contribution in [3.63, 3.8) is 0 Å². The van der Waals surface area contributed by atoms with Gasteiger partial charge in [-0.25, -0.2) is 4.99 Å². The zero-order valence-corrected chi connectivity index (χ0v) is 14.7. The first kappa shape index (κ1) is 17.8. The minimum atomic E-state index is 0. The number of hydrogen-bond acceptors (Lipinski definition) is 4. The van der Waals surface area contributed by atoms with Gasteiger partial charge in [0.25, 0.3) is 0 Å². The lowest BCUT2D eigenvalue weighted by Gasteiger charge is -2.10. The number of fused-ring (bicyclic) bond motifs is 1. The van der Waals surface area contributed by atoms with E-state index in [0.29, 0.717) is 19.9 Å². The summed E-state index contributed by atoms with van der Waals surface area (Å²) >= 11 is 0. The third kappa shape index (κ3) is 5.58. The molecule has 7 heteroatoms. The number of benzene rings is 1. The predicted molar refractivity (Wildman–Crippen MR) is 92.7 cm³/mol. The van der Waals surface area contributed by atoms with Crippen LogP contribution >= 0.6 is 24.0 Å². The highest BCUT2D eigenvalue weighted by Gasteiger charge is 2.12. The van der Waals surface area contributed by atoms with Crippen LogP contribution in [0.15, 0.2) is 23.2 Å². The molecule has 0 saturated heterocycles. The number of guanidine groups is 1. The maximum atomic E-state index is 5.35. The van der Waals surface area contributed by atoms with Gasteiger partial charge >= 0.3 is 0 Å². The van der Waals surface area contributed by atoms with Gasteiger partial charge in [-0.05, 0) is 24.6 Å². The fraction of sp³-hybridized carbons (Fsp3) is 0.500. The lowest BCUT2D eigenvalue weighted by molar-refractivity contribution is 0.174. The van der Waals surface area contributed by atoms with Gasteiger partial charge in [-0.1, -0.05) is 6.07 Å². The fourth-order valence-corrected chi connectivity index (χ4v) is 1.82. The zero-order chi connectivity index (χ0) is 14.2. The van der Waals surface area contributed by atoms with Crippen LogP contribution in [0.4, 0.5) is 0 Å². The second-order valence-corrected chi connectivity index (χ2v) is 4.30. The molecule has 0 radical (unpaired) electrons. The molecule has 0 amide bonds. The lowest BCUT2D eigenvalue weighted by atomic mass is 10.2. The van der Waals surface area contributed by atoms with Crippen LogP contribution in [0.5, 0.6) is 11.5 Å². The van der Waals surface area contributed by atoms with E-state index >= 15 is 0 Å². The smallest absolute Gasteiger partial charge is 0.231 e. The summed E-state index contributed by atoms with van der Waals surface area (Å²) in [6, 6.07) is 5.87. The number of halogens is 1. The Morgan fingerprint density at radius 2 is 2.10 bits per heavy atom. The lowest BCUT2D eigenvalue weighted by Crippen LogP contribution is -2.38. The molecule has 0 aliphatic carbocycles. The van der Waals surface area contributed by atoms with E-state index in [0.717, 1.165) is 36.1 Å². The van der Waals surface area contributed by atoms with Crippen molar-refractivity contribution in [3.05, 3.63) is 23.8 Å². The fourth-order valence-electron chi connectivity index (χ4n) is 1.82. The molecule has 0 bridgehead atoms. The van der Waals surface area contributed by atoms with Crippen molar-refractivity contribution in [3.8, 4) is 11.5 Å². The van der Waals surface area contributed by atoms with Crippen molar-refractivity contribution < 1.29 is 14.2 Å². The molecule has 1 aliphatic rings. The molecular formula is C14H22IN3O3. The molecule has 1 aromatic carbocycles. The van der Waals surface area contributed by atoms with Crippen LogP contribution in [-0.4, -0.2) is 39.6 Å². The molecule has 6 nitrogen and oxygen atoms in total. The molecule has 0 fully saturated rings. The zero-order valence-electron chi connectivity index (χ0n) is 12.3. The monoisotopic (exact) mass is 407 g/mol. The van der Waals surface area contributed by atoms with Crippen molar-refractivity contribution >= 4 is 29.9 Å². The molecule has 0 atom stereocenters. The number of hydrogen-bond donors (Lipinski definition) is 2. The molecule has 0 aromatic heterocycles. The molecular weight excluding hydrogens is 385 g/mol. The minimum absolute atomic E-state index is 0. The summed E-state index contributed by atoms with van der Waals surface area (Å²) < 4.78 is 15.6. The van der Waals surface area contributed by atoms with Crippen LogP contribution in [0.1, 0.15) is 12.5 Å². The van der Waals surface area contributed by atoms with Crippen LogP contribution in [0.3, 0.4) is 0 Å². The van der Waals surface area contributed by atoms with Gasteiger partial charge in [0.2, 0.25) is 6.79 Å². The van der Waals surface area contributed by atoms with E-state index in [1.807, 2.05) is 25.1 Å². The molecule has 118 valence electrons. The SMILES string of the molecule is CCNC(=NCc1ccc2c(c1)OCO2)NCCOC.I. The Morgan fingerprint density at radius 1 is 1.29 bits per heavy atom. The average Bonchev–Trinajstić information content (AvgIpc) is 2.92. The number of rotatable bonds is 6. The molecule has 2 rings (SSSR count). The molecule has 0 saturated carbocycles. The standard InChI is InChI=1S/C14H21N3O3.HI/c1-3-15-14(16-6-7-18-2)17-9-11-4-5-12-13(8-11)20-10-19-12;/h4-5,8H,3,6-7,9-10H2,1-2H3,(H2,15,16,17);1H. The van der Waals surface area contributed by atoms with Crippen LogP contribution in [0, 0.1) is 0 Å². The Morgan fingerprint density at radius 3 is 2.86 bits per heavy atom. The molecule has 1 aliphatic heterocycles. The Balaban J connectivity index is 0.00000220. The van der Waals surface area contributed by atoms with Gasteiger partial charge in [0.1, 0.15) is 0 Å². The number of ether oxygens (including phenoxy) is 3. The number of nitrogens with zero attached hydrogens (tertiary/aromatic N) is 1. The van der Waals surface area contributed by atoms with Crippen molar-refractivity contribution in [1.82, 2.24) is 10.6 Å². The quantitative estimate of drug-likeness (QED) is 0.326. The van der Waals surface area contributed by atoms with Gasteiger partial charge in [0, 0.05) is 20.2 Å². The van der Waals surface area contributed by atoms with Crippen molar-refractivity contribution in [2.45, 2.75) is 13.5 Å². The first-order chi connectivity index (χ1) is 9.83. The van der Waals surface area contributed by atoms with Crippen LogP contribution in [-0.2, 0) is 11.3 Å². The average molecular weight is 407 g/mol. The molecule has 1 heterocycles. The van der Waals surface area contributed by atoms with Crippen LogP contribution < -0.4 is 20.1 Å². The van der Waals surface area contributed by atoms with E-state index in [9.17, 15) is 0 Å². The molecule has 0 spiro atoms. The van der Waals surface area contributed by atoms with Crippen molar-refractivity contribution in [1.29, 1.82) is 0 Å². The minimum Gasteiger partial charge on any atom is -0.454 e. The summed E-state index contributed by atoms with van der Waals surface area (Å²) in [6.07, 6.45) is 0. The first-order valence-electron chi connectivity index (χ1n) is 6.73. The summed E-state index contributed by atoms with van der Waals surface area (Å²) in [4.78, 5) is 4.52. The predicted octanol–water partition coefficient (Wildman–Crippen LogP) is 1.73. The number of nitrogens with one attached hydrogen (secondary N) is 2. The van der Waals surface area contributed by atoms with E-state index in [1.54, 1.807) is 7.11 Å². The Labute approximate surface area is 142 Å². The highest BCUT2D eigenvalue weighted by Crippen LogP contribution is 2.32. The summed E-state index contributed by atoms with van der Waals surface area (Å²) in [6.45, 7) is 5.11. The van der Waals surface area contributed by atoms with Crippen LogP contribution in [0.25, 0.3) is 0 Å². The topological polar surface area (TPSA) is 64.1 Å². The first-order valence-corrected chi connectivity index (χ1v) is 6.73. The highest BCUT2D eigenvalue weighted by atomic mass is 127. The normalized spacial score (nSPS) is 12.8. The summed E-state index contributed by atoms with van der Waals surface area (Å²) in [7, 11) is 1.68. The van der Waals surface area contributed by atoms with E-state index in [4.69, 9.17) is 14.2 Å². The van der Waals surface area contributed by atoms with Crippen LogP contribution in [0.2, 0.25) is 0 Å².